The third-order valence-electron chi connectivity index (χ3n) is 4.72. The Morgan fingerprint density at radius 3 is 2.85 bits per heavy atom. The van der Waals surface area contributed by atoms with E-state index in [0.29, 0.717) is 24.7 Å². The van der Waals surface area contributed by atoms with E-state index in [2.05, 4.69) is 16.0 Å². The largest absolute Gasteiger partial charge is 0.491 e. The van der Waals surface area contributed by atoms with Gasteiger partial charge in [-0.05, 0) is 37.1 Å². The van der Waals surface area contributed by atoms with Crippen LogP contribution in [0, 0.1) is 0 Å². The van der Waals surface area contributed by atoms with Crippen LogP contribution in [0.4, 0.5) is 10.5 Å². The molecule has 0 bridgehead atoms. The van der Waals surface area contributed by atoms with Crippen LogP contribution in [0.3, 0.4) is 0 Å². The fraction of sp³-hybridized carbons (Fsp3) is 0.450. The molecule has 26 heavy (non-hydrogen) atoms. The molecule has 6 nitrogen and oxygen atoms in total. The highest BCUT2D eigenvalue weighted by Gasteiger charge is 2.31. The maximum absolute atomic E-state index is 12.9. The third-order valence-corrected chi connectivity index (χ3v) is 4.72. The van der Waals surface area contributed by atoms with E-state index in [1.807, 2.05) is 48.5 Å². The quantitative estimate of drug-likeness (QED) is 0.767. The zero-order chi connectivity index (χ0) is 18.4. The van der Waals surface area contributed by atoms with Crippen LogP contribution in [0.1, 0.15) is 31.0 Å². The van der Waals surface area contributed by atoms with Gasteiger partial charge < -0.3 is 24.3 Å². The number of likely N-dealkylation sites (tertiary alicyclic amines) is 1. The smallest absolute Gasteiger partial charge is 0.322 e. The minimum Gasteiger partial charge on any atom is -0.491 e. The van der Waals surface area contributed by atoms with E-state index in [9.17, 15) is 4.79 Å². The van der Waals surface area contributed by atoms with Crippen LogP contribution >= 0.6 is 0 Å². The predicted molar refractivity (Wildman–Crippen MR) is 102 cm³/mol. The standard InChI is InChI=1S/C20H27N3O3/c1-22-12-5-9-17(22)18-10-6-13-23(18)20(24)21-16-8-3-4-11-19(16)26-15-7-14-25-2/h3-5,8-9,11-12,18H,6-7,10,13-15H2,1-2H3,(H,21,24). The molecule has 1 N–H and O–H groups in total. The second-order valence-electron chi connectivity index (χ2n) is 6.52. The summed E-state index contributed by atoms with van der Waals surface area (Å²) >= 11 is 0. The summed E-state index contributed by atoms with van der Waals surface area (Å²) in [5.74, 6) is 0.687. The molecule has 1 aromatic carbocycles. The molecule has 1 saturated heterocycles. The summed E-state index contributed by atoms with van der Waals surface area (Å²) in [7, 11) is 3.69. The highest BCUT2D eigenvalue weighted by Crippen LogP contribution is 2.33. The average Bonchev–Trinajstić information content (AvgIpc) is 3.28. The van der Waals surface area contributed by atoms with Crippen LogP contribution < -0.4 is 10.1 Å². The third kappa shape index (κ3) is 4.19. The van der Waals surface area contributed by atoms with Gasteiger partial charge in [-0.2, -0.15) is 0 Å². The first-order chi connectivity index (χ1) is 12.7. The molecule has 1 unspecified atom stereocenters. The Hall–Kier alpha value is -2.47. The number of hydrogen-bond donors (Lipinski definition) is 1. The molecule has 1 aliphatic rings. The first-order valence-corrected chi connectivity index (χ1v) is 9.10. The second kappa shape index (κ2) is 8.76. The summed E-state index contributed by atoms with van der Waals surface area (Å²) < 4.78 is 12.9. The van der Waals surface area contributed by atoms with Crippen LogP contribution in [-0.2, 0) is 11.8 Å². The molecule has 1 aliphatic heterocycles. The van der Waals surface area contributed by atoms with E-state index in [4.69, 9.17) is 9.47 Å². The van der Waals surface area contributed by atoms with Gasteiger partial charge in [-0.25, -0.2) is 4.79 Å². The Bertz CT molecular complexity index is 729. The Morgan fingerprint density at radius 1 is 1.23 bits per heavy atom. The number of anilines is 1. The number of carbonyl (C=O) groups excluding carboxylic acids is 1. The summed E-state index contributed by atoms with van der Waals surface area (Å²) in [6.45, 7) is 1.97. The fourth-order valence-corrected chi connectivity index (χ4v) is 3.41. The van der Waals surface area contributed by atoms with Crippen molar-refractivity contribution in [2.24, 2.45) is 7.05 Å². The van der Waals surface area contributed by atoms with E-state index in [1.54, 1.807) is 7.11 Å². The minimum absolute atomic E-state index is 0.0818. The molecule has 1 fully saturated rings. The number of hydrogen-bond acceptors (Lipinski definition) is 3. The van der Waals surface area contributed by atoms with E-state index in [1.165, 1.54) is 5.69 Å². The molecule has 2 aromatic rings. The fourth-order valence-electron chi connectivity index (χ4n) is 3.41. The SMILES string of the molecule is COCCCOc1ccccc1NC(=O)N1CCCC1c1cccn1C. The highest BCUT2D eigenvalue weighted by molar-refractivity contribution is 5.91. The molecule has 1 atom stereocenters. The molecule has 2 amide bonds. The van der Waals surface area contributed by atoms with Gasteiger partial charge >= 0.3 is 6.03 Å². The molecule has 140 valence electrons. The van der Waals surface area contributed by atoms with Crippen molar-refractivity contribution in [3.63, 3.8) is 0 Å². The maximum atomic E-state index is 12.9. The van der Waals surface area contributed by atoms with Gasteiger partial charge in [0.05, 0.1) is 18.3 Å². The van der Waals surface area contributed by atoms with Crippen molar-refractivity contribution >= 4 is 11.7 Å². The number of benzene rings is 1. The maximum Gasteiger partial charge on any atom is 0.322 e. The van der Waals surface area contributed by atoms with Crippen molar-refractivity contribution in [3.8, 4) is 5.75 Å². The number of nitrogens with one attached hydrogen (secondary N) is 1. The Kier molecular flexibility index (Phi) is 6.17. The van der Waals surface area contributed by atoms with E-state index in [-0.39, 0.29) is 12.1 Å². The summed E-state index contributed by atoms with van der Waals surface area (Å²) in [4.78, 5) is 14.8. The highest BCUT2D eigenvalue weighted by atomic mass is 16.5. The normalized spacial score (nSPS) is 16.7. The zero-order valence-electron chi connectivity index (χ0n) is 15.5. The van der Waals surface area contributed by atoms with Crippen molar-refractivity contribution in [2.75, 3.05) is 32.2 Å². The average molecular weight is 357 g/mol. The Balaban J connectivity index is 1.67. The lowest BCUT2D eigenvalue weighted by atomic mass is 10.1. The van der Waals surface area contributed by atoms with Crippen molar-refractivity contribution in [2.45, 2.75) is 25.3 Å². The first-order valence-electron chi connectivity index (χ1n) is 9.10. The summed E-state index contributed by atoms with van der Waals surface area (Å²) in [6, 6.07) is 11.7. The lowest BCUT2D eigenvalue weighted by Crippen LogP contribution is -2.35. The van der Waals surface area contributed by atoms with Crippen molar-refractivity contribution in [1.29, 1.82) is 0 Å². The molecule has 2 heterocycles. The number of carbonyl (C=O) groups is 1. The number of nitrogens with zero attached hydrogens (tertiary/aromatic N) is 2. The van der Waals surface area contributed by atoms with Gasteiger partial charge in [-0.3, -0.25) is 0 Å². The predicted octanol–water partition coefficient (Wildman–Crippen LogP) is 3.81. The summed E-state index contributed by atoms with van der Waals surface area (Å²) in [5, 5.41) is 3.03. The summed E-state index contributed by atoms with van der Waals surface area (Å²) in [6.07, 6.45) is 4.83. The molecule has 0 saturated carbocycles. The Morgan fingerprint density at radius 2 is 2.08 bits per heavy atom. The lowest BCUT2D eigenvalue weighted by Gasteiger charge is -2.26. The number of ether oxygens (including phenoxy) is 2. The van der Waals surface area contributed by atoms with Crippen LogP contribution in [0.2, 0.25) is 0 Å². The number of aromatic nitrogens is 1. The molecular formula is C20H27N3O3. The van der Waals surface area contributed by atoms with Gasteiger partial charge in [0.1, 0.15) is 5.75 Å². The number of rotatable bonds is 7. The second-order valence-corrected chi connectivity index (χ2v) is 6.52. The van der Waals surface area contributed by atoms with Gasteiger partial charge in [0.15, 0.2) is 0 Å². The molecule has 3 rings (SSSR count). The van der Waals surface area contributed by atoms with Crippen LogP contribution in [0.5, 0.6) is 5.75 Å². The molecule has 6 heteroatoms. The molecule has 1 aromatic heterocycles. The van der Waals surface area contributed by atoms with Gasteiger partial charge in [0.25, 0.3) is 0 Å². The minimum atomic E-state index is -0.0818. The number of methoxy groups -OCH3 is 1. The van der Waals surface area contributed by atoms with E-state index in [0.717, 1.165) is 25.8 Å². The lowest BCUT2D eigenvalue weighted by molar-refractivity contribution is 0.172. The van der Waals surface area contributed by atoms with Crippen molar-refractivity contribution < 1.29 is 14.3 Å². The van der Waals surface area contributed by atoms with Crippen molar-refractivity contribution in [1.82, 2.24) is 9.47 Å². The molecular weight excluding hydrogens is 330 g/mol. The number of aryl methyl sites for hydroxylation is 1. The number of urea groups is 1. The molecule has 0 spiro atoms. The van der Waals surface area contributed by atoms with Crippen LogP contribution in [0.15, 0.2) is 42.6 Å². The van der Waals surface area contributed by atoms with Gasteiger partial charge in [-0.15, -0.1) is 0 Å². The number of para-hydroxylation sites is 2. The number of amides is 2. The Labute approximate surface area is 154 Å². The van der Waals surface area contributed by atoms with Gasteiger partial charge in [-0.1, -0.05) is 12.1 Å². The molecule has 0 radical (unpaired) electrons. The first kappa shape index (κ1) is 18.3. The van der Waals surface area contributed by atoms with Crippen molar-refractivity contribution in [3.05, 3.63) is 48.3 Å². The van der Waals surface area contributed by atoms with Gasteiger partial charge in [0.2, 0.25) is 0 Å². The molecule has 0 aliphatic carbocycles. The van der Waals surface area contributed by atoms with Crippen LogP contribution in [-0.4, -0.2) is 42.4 Å². The van der Waals surface area contributed by atoms with E-state index >= 15 is 0 Å². The van der Waals surface area contributed by atoms with Gasteiger partial charge in [0, 0.05) is 45.6 Å². The topological polar surface area (TPSA) is 55.7 Å². The summed E-state index contributed by atoms with van der Waals surface area (Å²) in [5.41, 5.74) is 1.87. The van der Waals surface area contributed by atoms with Crippen LogP contribution in [0.25, 0.3) is 0 Å². The zero-order valence-corrected chi connectivity index (χ0v) is 15.5. The van der Waals surface area contributed by atoms with E-state index < -0.39 is 0 Å². The monoisotopic (exact) mass is 357 g/mol.